The first-order valence-corrected chi connectivity index (χ1v) is 8.67. The van der Waals surface area contributed by atoms with E-state index in [1.807, 2.05) is 20.8 Å². The lowest BCUT2D eigenvalue weighted by Crippen LogP contribution is -2.59. The number of nitrogens with zero attached hydrogens (tertiary/aromatic N) is 1. The zero-order valence-corrected chi connectivity index (χ0v) is 14.2. The lowest BCUT2D eigenvalue weighted by atomic mass is 9.52. The summed E-state index contributed by atoms with van der Waals surface area (Å²) in [6, 6.07) is 0. The summed E-state index contributed by atoms with van der Waals surface area (Å²) in [6.07, 6.45) is 8.57. The molecule has 0 heterocycles. The SMILES string of the molecule is CN(CCOC(=O)C(C)(C)C)C12CC3CC(CC(C3)C1)C2. The van der Waals surface area contributed by atoms with E-state index in [9.17, 15) is 4.79 Å². The van der Waals surface area contributed by atoms with Crippen LogP contribution in [0.15, 0.2) is 0 Å². The molecule has 4 fully saturated rings. The standard InChI is InChI=1S/C18H31NO2/c1-17(2,3)16(20)21-6-5-19(4)18-10-13-7-14(11-18)9-15(8-13)12-18/h13-15H,5-12H2,1-4H3. The average Bonchev–Trinajstić information content (AvgIpc) is 2.35. The van der Waals surface area contributed by atoms with Gasteiger partial charge in [0.15, 0.2) is 0 Å². The lowest BCUT2D eigenvalue weighted by Gasteiger charge is -2.60. The molecular formula is C18H31NO2. The van der Waals surface area contributed by atoms with Crippen LogP contribution < -0.4 is 0 Å². The van der Waals surface area contributed by atoms with Gasteiger partial charge in [0.25, 0.3) is 0 Å². The maximum atomic E-state index is 11.9. The summed E-state index contributed by atoms with van der Waals surface area (Å²) in [7, 11) is 2.25. The van der Waals surface area contributed by atoms with Gasteiger partial charge >= 0.3 is 5.97 Å². The van der Waals surface area contributed by atoms with Gasteiger partial charge in [0.1, 0.15) is 6.61 Å². The second kappa shape index (κ2) is 5.26. The van der Waals surface area contributed by atoms with Gasteiger partial charge in [-0.15, -0.1) is 0 Å². The van der Waals surface area contributed by atoms with Crippen molar-refractivity contribution < 1.29 is 9.53 Å². The monoisotopic (exact) mass is 293 g/mol. The molecule has 4 saturated carbocycles. The Bertz CT molecular complexity index is 375. The number of hydrogen-bond acceptors (Lipinski definition) is 3. The van der Waals surface area contributed by atoms with Crippen LogP contribution in [0.1, 0.15) is 59.3 Å². The Balaban J connectivity index is 1.54. The molecule has 0 aromatic heterocycles. The highest BCUT2D eigenvalue weighted by Crippen LogP contribution is 2.57. The van der Waals surface area contributed by atoms with Crippen LogP contribution in [0.5, 0.6) is 0 Å². The molecule has 3 heteroatoms. The molecule has 4 bridgehead atoms. The van der Waals surface area contributed by atoms with Crippen LogP contribution in [0.3, 0.4) is 0 Å². The fourth-order valence-electron chi connectivity index (χ4n) is 5.26. The first-order chi connectivity index (χ1) is 9.78. The minimum Gasteiger partial charge on any atom is -0.464 e. The first kappa shape index (κ1) is 15.3. The highest BCUT2D eigenvalue weighted by Gasteiger charge is 2.52. The molecule has 0 unspecified atom stereocenters. The van der Waals surface area contributed by atoms with Crippen molar-refractivity contribution in [2.45, 2.75) is 64.8 Å². The zero-order valence-electron chi connectivity index (χ0n) is 14.2. The summed E-state index contributed by atoms with van der Waals surface area (Å²) in [5.41, 5.74) is 0.0299. The molecule has 3 nitrogen and oxygen atoms in total. The molecule has 0 saturated heterocycles. The quantitative estimate of drug-likeness (QED) is 0.743. The van der Waals surface area contributed by atoms with Gasteiger partial charge in [0.05, 0.1) is 5.41 Å². The Kier molecular flexibility index (Phi) is 3.84. The van der Waals surface area contributed by atoms with Crippen LogP contribution >= 0.6 is 0 Å². The van der Waals surface area contributed by atoms with E-state index < -0.39 is 0 Å². The van der Waals surface area contributed by atoms with Crippen LogP contribution in [0.2, 0.25) is 0 Å². The third kappa shape index (κ3) is 2.99. The van der Waals surface area contributed by atoms with Gasteiger partial charge in [0.2, 0.25) is 0 Å². The molecule has 0 N–H and O–H groups in total. The number of esters is 1. The number of hydrogen-bond donors (Lipinski definition) is 0. The molecule has 0 amide bonds. The molecule has 0 aliphatic heterocycles. The van der Waals surface area contributed by atoms with Crippen molar-refractivity contribution in [3.05, 3.63) is 0 Å². The highest BCUT2D eigenvalue weighted by atomic mass is 16.5. The Morgan fingerprint density at radius 2 is 1.57 bits per heavy atom. The first-order valence-electron chi connectivity index (χ1n) is 8.67. The van der Waals surface area contributed by atoms with E-state index in [1.165, 1.54) is 38.5 Å². The average molecular weight is 293 g/mol. The number of carbonyl (C=O) groups is 1. The number of likely N-dealkylation sites (N-methyl/N-ethyl adjacent to an activating group) is 1. The van der Waals surface area contributed by atoms with Crippen molar-refractivity contribution in [1.82, 2.24) is 4.90 Å². The van der Waals surface area contributed by atoms with Crippen LogP contribution in [0, 0.1) is 23.2 Å². The fraction of sp³-hybridized carbons (Fsp3) is 0.944. The highest BCUT2D eigenvalue weighted by molar-refractivity contribution is 5.75. The summed E-state index contributed by atoms with van der Waals surface area (Å²) >= 11 is 0. The maximum absolute atomic E-state index is 11.9. The summed E-state index contributed by atoms with van der Waals surface area (Å²) in [6.45, 7) is 7.16. The summed E-state index contributed by atoms with van der Waals surface area (Å²) < 4.78 is 5.46. The summed E-state index contributed by atoms with van der Waals surface area (Å²) in [5.74, 6) is 2.82. The van der Waals surface area contributed by atoms with E-state index in [0.29, 0.717) is 12.1 Å². The van der Waals surface area contributed by atoms with Crippen molar-refractivity contribution in [2.24, 2.45) is 23.2 Å². The molecule has 4 rings (SSSR count). The number of carbonyl (C=O) groups excluding carboxylic acids is 1. The van der Waals surface area contributed by atoms with Gasteiger partial charge in [-0.25, -0.2) is 0 Å². The maximum Gasteiger partial charge on any atom is 0.311 e. The van der Waals surface area contributed by atoms with E-state index in [0.717, 1.165) is 24.3 Å². The summed E-state index contributed by atoms with van der Waals surface area (Å²) in [4.78, 5) is 14.4. The lowest BCUT2D eigenvalue weighted by molar-refractivity contribution is -0.154. The van der Waals surface area contributed by atoms with E-state index in [-0.39, 0.29) is 11.4 Å². The molecule has 0 spiro atoms. The molecule has 4 aliphatic carbocycles. The van der Waals surface area contributed by atoms with Gasteiger partial charge in [0, 0.05) is 12.1 Å². The van der Waals surface area contributed by atoms with Crippen molar-refractivity contribution in [3.63, 3.8) is 0 Å². The van der Waals surface area contributed by atoms with Crippen LogP contribution in [0.25, 0.3) is 0 Å². The number of rotatable bonds is 4. The molecule has 0 atom stereocenters. The van der Waals surface area contributed by atoms with E-state index in [2.05, 4.69) is 11.9 Å². The van der Waals surface area contributed by atoms with Gasteiger partial charge in [-0.3, -0.25) is 9.69 Å². The topological polar surface area (TPSA) is 29.5 Å². The Labute approximate surface area is 129 Å². The van der Waals surface area contributed by atoms with Crippen LogP contribution in [-0.4, -0.2) is 36.6 Å². The van der Waals surface area contributed by atoms with E-state index in [1.54, 1.807) is 0 Å². The molecule has 4 aliphatic rings. The van der Waals surface area contributed by atoms with Gasteiger partial charge < -0.3 is 4.74 Å². The normalized spacial score (nSPS) is 38.0. The van der Waals surface area contributed by atoms with Gasteiger partial charge in [-0.2, -0.15) is 0 Å². The number of ether oxygens (including phenoxy) is 1. The predicted molar refractivity (Wildman–Crippen MR) is 83.9 cm³/mol. The van der Waals surface area contributed by atoms with Crippen molar-refractivity contribution in [1.29, 1.82) is 0 Å². The zero-order chi connectivity index (χ0) is 15.3. The predicted octanol–water partition coefficient (Wildman–Crippen LogP) is 3.48. The molecular weight excluding hydrogens is 262 g/mol. The minimum absolute atomic E-state index is 0.0820. The molecule has 120 valence electrons. The largest absolute Gasteiger partial charge is 0.464 e. The van der Waals surface area contributed by atoms with Crippen LogP contribution in [0.4, 0.5) is 0 Å². The smallest absolute Gasteiger partial charge is 0.311 e. The molecule has 0 aromatic carbocycles. The fourth-order valence-corrected chi connectivity index (χ4v) is 5.26. The van der Waals surface area contributed by atoms with Crippen LogP contribution in [-0.2, 0) is 9.53 Å². The van der Waals surface area contributed by atoms with Gasteiger partial charge in [-0.05, 0) is 84.1 Å². The van der Waals surface area contributed by atoms with Crippen molar-refractivity contribution >= 4 is 5.97 Å². The molecule has 21 heavy (non-hydrogen) atoms. The minimum atomic E-state index is -0.390. The molecule has 0 radical (unpaired) electrons. The van der Waals surface area contributed by atoms with Gasteiger partial charge in [-0.1, -0.05) is 0 Å². The Hall–Kier alpha value is -0.570. The Morgan fingerprint density at radius 1 is 1.10 bits per heavy atom. The van der Waals surface area contributed by atoms with Crippen molar-refractivity contribution in [2.75, 3.05) is 20.2 Å². The second-order valence-corrected chi connectivity index (χ2v) is 8.95. The van der Waals surface area contributed by atoms with E-state index >= 15 is 0 Å². The third-order valence-electron chi connectivity index (χ3n) is 6.09. The summed E-state index contributed by atoms with van der Waals surface area (Å²) in [5, 5.41) is 0. The van der Waals surface area contributed by atoms with Crippen molar-refractivity contribution in [3.8, 4) is 0 Å². The Morgan fingerprint density at radius 3 is 2.00 bits per heavy atom. The molecule has 0 aromatic rings. The second-order valence-electron chi connectivity index (χ2n) is 8.95. The van der Waals surface area contributed by atoms with E-state index in [4.69, 9.17) is 4.74 Å². The third-order valence-corrected chi connectivity index (χ3v) is 6.09.